The third kappa shape index (κ3) is 0.326. The third-order valence-electron chi connectivity index (χ3n) is 6.27. The summed E-state index contributed by atoms with van der Waals surface area (Å²) in [7, 11) is 1.42. The lowest BCUT2D eigenvalue weighted by Crippen LogP contribution is -2.59. The molecule has 0 aromatic carbocycles. The van der Waals surface area contributed by atoms with Gasteiger partial charge >= 0.3 is 11.9 Å². The van der Waals surface area contributed by atoms with E-state index in [1.807, 2.05) is 0 Å². The van der Waals surface area contributed by atoms with Crippen molar-refractivity contribution < 1.29 is 19.4 Å². The Labute approximate surface area is 85.6 Å². The molecule has 0 bridgehead atoms. The Balaban J connectivity index is 1.70. The molecule has 6 aliphatic rings. The molecule has 6 fully saturated rings. The van der Waals surface area contributed by atoms with Gasteiger partial charge in [-0.1, -0.05) is 0 Å². The van der Waals surface area contributed by atoms with Gasteiger partial charge in [0.25, 0.3) is 0 Å². The van der Waals surface area contributed by atoms with E-state index in [1.54, 1.807) is 0 Å². The molecule has 6 aliphatic carbocycles. The van der Waals surface area contributed by atoms with Crippen LogP contribution >= 0.6 is 0 Å². The molecule has 0 amide bonds. The summed E-state index contributed by atoms with van der Waals surface area (Å²) < 4.78 is 4.88. The van der Waals surface area contributed by atoms with Crippen LogP contribution in [0.1, 0.15) is 0 Å². The predicted octanol–water partition coefficient (Wildman–Crippen LogP) is -0.0180. The van der Waals surface area contributed by atoms with Gasteiger partial charge in [0.2, 0.25) is 0 Å². The molecule has 0 spiro atoms. The van der Waals surface area contributed by atoms with Crippen LogP contribution in [0.2, 0.25) is 0 Å². The monoisotopic (exact) mass is 206 g/mol. The molecule has 8 unspecified atom stereocenters. The number of hydrogen-bond acceptors (Lipinski definition) is 3. The first kappa shape index (κ1) is 7.25. The molecular weight excluding hydrogens is 196 g/mol. The van der Waals surface area contributed by atoms with Crippen LogP contribution in [0.15, 0.2) is 0 Å². The number of carboxylic acids is 1. The second-order valence-corrected chi connectivity index (χ2v) is 5.82. The number of methoxy groups -OCH3 is 1. The molecule has 0 saturated heterocycles. The normalized spacial score (nSPS) is 72.3. The van der Waals surface area contributed by atoms with E-state index in [-0.39, 0.29) is 17.3 Å². The topological polar surface area (TPSA) is 63.6 Å². The fraction of sp³-hybridized carbons (Fsp3) is 0.818. The summed E-state index contributed by atoms with van der Waals surface area (Å²) in [6.07, 6.45) is 0. The van der Waals surface area contributed by atoms with E-state index in [0.29, 0.717) is 29.6 Å². The van der Waals surface area contributed by atoms with Gasteiger partial charge in [-0.3, -0.25) is 9.59 Å². The van der Waals surface area contributed by atoms with Crippen molar-refractivity contribution in [3.05, 3.63) is 0 Å². The first-order chi connectivity index (χ1) is 7.16. The second-order valence-electron chi connectivity index (χ2n) is 5.82. The van der Waals surface area contributed by atoms with Gasteiger partial charge in [0, 0.05) is 0 Å². The van der Waals surface area contributed by atoms with Crippen molar-refractivity contribution in [3.8, 4) is 0 Å². The molecule has 6 rings (SSSR count). The zero-order valence-electron chi connectivity index (χ0n) is 8.14. The van der Waals surface area contributed by atoms with E-state index in [4.69, 9.17) is 4.74 Å². The van der Waals surface area contributed by atoms with E-state index in [0.717, 1.165) is 0 Å². The van der Waals surface area contributed by atoms with Crippen LogP contribution in [0, 0.1) is 46.3 Å². The fourth-order valence-corrected chi connectivity index (χ4v) is 6.32. The van der Waals surface area contributed by atoms with E-state index in [1.165, 1.54) is 7.11 Å². The molecule has 0 heterocycles. The standard InChI is InChI=1S/C11H10O4/c1-15-9(14)11-4-2-3(4)10(8(12)13)6(5(2)11)7(10)11/h2-7H,1H3,(H,12,13). The highest BCUT2D eigenvalue weighted by Crippen LogP contribution is 3.10. The van der Waals surface area contributed by atoms with Crippen LogP contribution < -0.4 is 0 Å². The van der Waals surface area contributed by atoms with Crippen molar-refractivity contribution in [2.24, 2.45) is 46.3 Å². The Morgan fingerprint density at radius 3 is 2.13 bits per heavy atom. The highest BCUT2D eigenvalue weighted by atomic mass is 16.5. The molecule has 6 saturated carbocycles. The van der Waals surface area contributed by atoms with Crippen LogP contribution in [-0.2, 0) is 14.3 Å². The number of aliphatic carboxylic acids is 1. The number of carbonyl (C=O) groups is 2. The average Bonchev–Trinajstić information content (AvgIpc) is 3.01. The van der Waals surface area contributed by atoms with Gasteiger partial charge in [-0.05, 0) is 35.5 Å². The Bertz CT molecular complexity index is 471. The van der Waals surface area contributed by atoms with Crippen LogP contribution in [0.25, 0.3) is 0 Å². The third-order valence-corrected chi connectivity index (χ3v) is 6.27. The minimum atomic E-state index is -0.652. The molecule has 0 aromatic heterocycles. The van der Waals surface area contributed by atoms with Crippen molar-refractivity contribution in [1.82, 2.24) is 0 Å². The van der Waals surface area contributed by atoms with Crippen molar-refractivity contribution in [2.75, 3.05) is 7.11 Å². The van der Waals surface area contributed by atoms with Gasteiger partial charge in [0.05, 0.1) is 17.9 Å². The number of hydrogen-bond donors (Lipinski definition) is 1. The lowest BCUT2D eigenvalue weighted by Gasteiger charge is -2.54. The Hall–Kier alpha value is -1.06. The first-order valence-electron chi connectivity index (χ1n) is 5.48. The number of rotatable bonds is 2. The summed E-state index contributed by atoms with van der Waals surface area (Å²) in [5.41, 5.74) is -0.804. The van der Waals surface area contributed by atoms with E-state index in [9.17, 15) is 14.7 Å². The Morgan fingerprint density at radius 2 is 1.73 bits per heavy atom. The summed E-state index contributed by atoms with van der Waals surface area (Å²) in [4.78, 5) is 23.2. The average molecular weight is 206 g/mol. The predicted molar refractivity (Wildman–Crippen MR) is 45.5 cm³/mol. The molecule has 4 heteroatoms. The van der Waals surface area contributed by atoms with Gasteiger partial charge in [0.15, 0.2) is 0 Å². The van der Waals surface area contributed by atoms with E-state index < -0.39 is 11.4 Å². The zero-order chi connectivity index (χ0) is 10.3. The largest absolute Gasteiger partial charge is 0.481 e. The minimum absolute atomic E-state index is 0.127. The maximum atomic E-state index is 11.8. The van der Waals surface area contributed by atoms with Crippen molar-refractivity contribution in [3.63, 3.8) is 0 Å². The molecule has 0 radical (unpaired) electrons. The number of carbonyl (C=O) groups excluding carboxylic acids is 1. The van der Waals surface area contributed by atoms with Gasteiger partial charge in [0.1, 0.15) is 0 Å². The minimum Gasteiger partial charge on any atom is -0.481 e. The Morgan fingerprint density at radius 1 is 1.13 bits per heavy atom. The van der Waals surface area contributed by atoms with Crippen LogP contribution in [-0.4, -0.2) is 24.2 Å². The SMILES string of the molecule is COC(=O)C12C3C4C1C1C2C1(C(=O)O)C43. The van der Waals surface area contributed by atoms with Gasteiger partial charge in [-0.25, -0.2) is 0 Å². The van der Waals surface area contributed by atoms with Gasteiger partial charge in [-0.2, -0.15) is 0 Å². The highest BCUT2D eigenvalue weighted by Gasteiger charge is 3.13. The van der Waals surface area contributed by atoms with Gasteiger partial charge < -0.3 is 9.84 Å². The lowest BCUT2D eigenvalue weighted by molar-refractivity contribution is -0.187. The number of esters is 1. The molecular formula is C11H10O4. The summed E-state index contributed by atoms with van der Waals surface area (Å²) in [5.74, 6) is 1.33. The van der Waals surface area contributed by atoms with Gasteiger partial charge in [-0.15, -0.1) is 0 Å². The van der Waals surface area contributed by atoms with Crippen molar-refractivity contribution >= 4 is 11.9 Å². The maximum absolute atomic E-state index is 11.8. The second kappa shape index (κ2) is 1.43. The summed E-state index contributed by atoms with van der Waals surface area (Å²) in [6.45, 7) is 0. The molecule has 15 heavy (non-hydrogen) atoms. The first-order valence-corrected chi connectivity index (χ1v) is 5.48. The summed E-state index contributed by atoms with van der Waals surface area (Å²) >= 11 is 0. The molecule has 4 nitrogen and oxygen atoms in total. The quantitative estimate of drug-likeness (QED) is 0.645. The Kier molecular flexibility index (Phi) is 0.691. The fourth-order valence-electron chi connectivity index (χ4n) is 6.32. The summed E-state index contributed by atoms with van der Waals surface area (Å²) in [6, 6.07) is 0. The van der Waals surface area contributed by atoms with Crippen LogP contribution in [0.5, 0.6) is 0 Å². The van der Waals surface area contributed by atoms with Crippen molar-refractivity contribution in [1.29, 1.82) is 0 Å². The number of ether oxygens (including phenoxy) is 1. The molecule has 0 aliphatic heterocycles. The number of carboxylic acid groups (broad SMARTS) is 1. The maximum Gasteiger partial charge on any atom is 0.312 e. The highest BCUT2D eigenvalue weighted by molar-refractivity contribution is 5.97. The lowest BCUT2D eigenvalue weighted by atomic mass is 9.48. The molecule has 1 N–H and O–H groups in total. The van der Waals surface area contributed by atoms with E-state index in [2.05, 4.69) is 0 Å². The molecule has 8 atom stereocenters. The van der Waals surface area contributed by atoms with Crippen LogP contribution in [0.4, 0.5) is 0 Å². The van der Waals surface area contributed by atoms with Crippen LogP contribution in [0.3, 0.4) is 0 Å². The zero-order valence-corrected chi connectivity index (χ0v) is 8.14. The van der Waals surface area contributed by atoms with Crippen molar-refractivity contribution in [2.45, 2.75) is 0 Å². The van der Waals surface area contributed by atoms with E-state index >= 15 is 0 Å². The smallest absolute Gasteiger partial charge is 0.312 e. The molecule has 0 aromatic rings. The summed E-state index contributed by atoms with van der Waals surface area (Å²) in [5, 5.41) is 9.34. The molecule has 78 valence electrons.